The molecule has 0 atom stereocenters. The predicted octanol–water partition coefficient (Wildman–Crippen LogP) is 3.60. The van der Waals surface area contributed by atoms with Crippen molar-refractivity contribution in [1.82, 2.24) is 0 Å². The summed E-state index contributed by atoms with van der Waals surface area (Å²) in [6, 6.07) is 3.87. The first-order chi connectivity index (χ1) is 10.6. The first kappa shape index (κ1) is 17.1. The minimum Gasteiger partial charge on any atom is -0.379 e. The molecule has 0 unspecified atom stereocenters. The Labute approximate surface area is 134 Å². The summed E-state index contributed by atoms with van der Waals surface area (Å²) in [5, 5.41) is 10.8. The number of halogens is 3. The van der Waals surface area contributed by atoms with Crippen molar-refractivity contribution in [1.29, 1.82) is 0 Å². The molecule has 0 aliphatic heterocycles. The molecule has 0 amide bonds. The molecule has 0 bridgehead atoms. The first-order valence-corrected chi connectivity index (χ1v) is 7.74. The molecule has 0 saturated heterocycles. The molecule has 2 aromatic rings. The molecule has 2 rings (SSSR count). The molecule has 0 aliphatic rings. The van der Waals surface area contributed by atoms with Gasteiger partial charge in [0.15, 0.2) is 11.6 Å². The van der Waals surface area contributed by atoms with Gasteiger partial charge in [0.1, 0.15) is 10.6 Å². The van der Waals surface area contributed by atoms with Crippen molar-refractivity contribution >= 4 is 27.4 Å². The fraction of sp³-hybridized carbons (Fsp3) is 0.0769. The highest BCUT2D eigenvalue weighted by atomic mass is 35.5. The van der Waals surface area contributed by atoms with E-state index >= 15 is 0 Å². The number of rotatable bonds is 4. The Hall–Kier alpha value is -2.26. The third kappa shape index (κ3) is 3.57. The van der Waals surface area contributed by atoms with E-state index < -0.39 is 43.0 Å². The van der Waals surface area contributed by atoms with E-state index in [1.165, 1.54) is 6.92 Å². The summed E-state index contributed by atoms with van der Waals surface area (Å²) >= 11 is 5.78. The zero-order valence-corrected chi connectivity index (χ0v) is 13.0. The molecule has 0 heterocycles. The van der Waals surface area contributed by atoms with Crippen LogP contribution in [0.25, 0.3) is 0 Å². The van der Waals surface area contributed by atoms with E-state index in [1.54, 1.807) is 0 Å². The van der Waals surface area contributed by atoms with Crippen molar-refractivity contribution < 1.29 is 26.3 Å². The second-order valence-corrected chi connectivity index (χ2v) is 6.37. The van der Waals surface area contributed by atoms with Crippen LogP contribution in [0.1, 0.15) is 5.56 Å². The van der Waals surface area contributed by atoms with Crippen molar-refractivity contribution in [2.24, 2.45) is 0 Å². The highest BCUT2D eigenvalue weighted by Crippen LogP contribution is 2.31. The third-order valence-corrected chi connectivity index (χ3v) is 4.49. The first-order valence-electron chi connectivity index (χ1n) is 5.96. The van der Waals surface area contributed by atoms with Crippen molar-refractivity contribution in [3.05, 3.63) is 62.7 Å². The van der Waals surface area contributed by atoms with Gasteiger partial charge in [-0.2, -0.15) is 8.42 Å². The molecule has 2 aromatic carbocycles. The summed E-state index contributed by atoms with van der Waals surface area (Å²) in [7, 11) is -4.52. The van der Waals surface area contributed by atoms with E-state index in [9.17, 15) is 27.3 Å². The Bertz CT molecular complexity index is 901. The fourth-order valence-corrected chi connectivity index (χ4v) is 2.93. The number of hydrogen-bond donors (Lipinski definition) is 0. The van der Waals surface area contributed by atoms with Crippen LogP contribution in [0.2, 0.25) is 5.02 Å². The van der Waals surface area contributed by atoms with Crippen LogP contribution in [-0.2, 0) is 10.1 Å². The van der Waals surface area contributed by atoms with Crippen LogP contribution >= 0.6 is 11.6 Å². The van der Waals surface area contributed by atoms with Gasteiger partial charge >= 0.3 is 10.1 Å². The van der Waals surface area contributed by atoms with E-state index in [-0.39, 0.29) is 10.6 Å². The molecule has 0 aliphatic carbocycles. The summed E-state index contributed by atoms with van der Waals surface area (Å²) in [4.78, 5) is 9.54. The fourth-order valence-electron chi connectivity index (χ4n) is 1.68. The third-order valence-electron chi connectivity index (χ3n) is 2.87. The lowest BCUT2D eigenvalue weighted by atomic mass is 10.2. The minimum atomic E-state index is -4.52. The topological polar surface area (TPSA) is 86.5 Å². The number of nitro benzene ring substituents is 1. The van der Waals surface area contributed by atoms with E-state index in [0.717, 1.165) is 18.2 Å². The average molecular weight is 364 g/mol. The molecule has 0 aromatic heterocycles. The highest BCUT2D eigenvalue weighted by molar-refractivity contribution is 7.87. The number of benzene rings is 2. The summed E-state index contributed by atoms with van der Waals surface area (Å²) < 4.78 is 54.8. The molecule has 122 valence electrons. The highest BCUT2D eigenvalue weighted by Gasteiger charge is 2.24. The van der Waals surface area contributed by atoms with Gasteiger partial charge in [-0.25, -0.2) is 8.78 Å². The number of hydrogen-bond acceptors (Lipinski definition) is 5. The zero-order chi connectivity index (χ0) is 17.4. The van der Waals surface area contributed by atoms with Crippen LogP contribution in [0.15, 0.2) is 35.2 Å². The van der Waals surface area contributed by atoms with Crippen LogP contribution < -0.4 is 4.18 Å². The Morgan fingerprint density at radius 3 is 2.39 bits per heavy atom. The number of nitro groups is 1. The predicted molar refractivity (Wildman–Crippen MR) is 77.0 cm³/mol. The summed E-state index contributed by atoms with van der Waals surface area (Å²) in [5.41, 5.74) is -0.423. The van der Waals surface area contributed by atoms with Gasteiger partial charge in [-0.15, -0.1) is 0 Å². The molecular weight excluding hydrogens is 356 g/mol. The molecule has 10 heteroatoms. The average Bonchev–Trinajstić information content (AvgIpc) is 2.45. The lowest BCUT2D eigenvalue weighted by Gasteiger charge is -2.09. The van der Waals surface area contributed by atoms with E-state index in [4.69, 9.17) is 11.6 Å². The standard InChI is InChI=1S/C13H8ClF2NO5S/c1-7-10(14)5-9(6-13(7)17(18)19)23(20,21)22-8-2-3-11(15)12(16)4-8/h2-6H,1H3. The van der Waals surface area contributed by atoms with Gasteiger partial charge in [-0.05, 0) is 25.1 Å². The molecule has 0 radical (unpaired) electrons. The van der Waals surface area contributed by atoms with Crippen molar-refractivity contribution in [2.45, 2.75) is 11.8 Å². The maximum atomic E-state index is 13.1. The van der Waals surface area contributed by atoms with Gasteiger partial charge in [0.2, 0.25) is 0 Å². The molecule has 0 saturated carbocycles. The maximum Gasteiger partial charge on any atom is 0.339 e. The molecule has 6 nitrogen and oxygen atoms in total. The largest absolute Gasteiger partial charge is 0.379 e. The number of nitrogens with zero attached hydrogens (tertiary/aromatic N) is 1. The van der Waals surface area contributed by atoms with E-state index in [1.807, 2.05) is 0 Å². The van der Waals surface area contributed by atoms with Crippen LogP contribution in [0.4, 0.5) is 14.5 Å². The molecule has 0 spiro atoms. The van der Waals surface area contributed by atoms with Gasteiger partial charge in [-0.1, -0.05) is 11.6 Å². The summed E-state index contributed by atoms with van der Waals surface area (Å²) in [6.45, 7) is 1.35. The Kier molecular flexibility index (Phi) is 4.53. The smallest absolute Gasteiger partial charge is 0.339 e. The maximum absolute atomic E-state index is 13.1. The lowest BCUT2D eigenvalue weighted by molar-refractivity contribution is -0.385. The van der Waals surface area contributed by atoms with Crippen molar-refractivity contribution in [3.8, 4) is 5.75 Å². The Morgan fingerprint density at radius 2 is 1.83 bits per heavy atom. The van der Waals surface area contributed by atoms with E-state index in [2.05, 4.69) is 4.18 Å². The quantitative estimate of drug-likeness (QED) is 0.470. The van der Waals surface area contributed by atoms with Gasteiger partial charge in [0.25, 0.3) is 5.69 Å². The monoisotopic (exact) mass is 363 g/mol. The van der Waals surface area contributed by atoms with Gasteiger partial charge in [0.05, 0.1) is 9.95 Å². The van der Waals surface area contributed by atoms with Gasteiger partial charge < -0.3 is 4.18 Å². The van der Waals surface area contributed by atoms with Crippen LogP contribution in [0, 0.1) is 28.7 Å². The minimum absolute atomic E-state index is 0.0865. The molecule has 0 fully saturated rings. The summed E-state index contributed by atoms with van der Waals surface area (Å²) in [6.07, 6.45) is 0. The molecule has 0 N–H and O–H groups in total. The van der Waals surface area contributed by atoms with Crippen LogP contribution in [0.3, 0.4) is 0 Å². The van der Waals surface area contributed by atoms with Gasteiger partial charge in [-0.3, -0.25) is 10.1 Å². The second-order valence-electron chi connectivity index (χ2n) is 4.42. The SMILES string of the molecule is Cc1c(Cl)cc(S(=O)(=O)Oc2ccc(F)c(F)c2)cc1[N+](=O)[O-]. The Balaban J connectivity index is 2.47. The molecule has 23 heavy (non-hydrogen) atoms. The zero-order valence-electron chi connectivity index (χ0n) is 11.4. The summed E-state index contributed by atoms with van der Waals surface area (Å²) in [5.74, 6) is -2.96. The normalized spacial score (nSPS) is 11.3. The Morgan fingerprint density at radius 1 is 1.17 bits per heavy atom. The van der Waals surface area contributed by atoms with Crippen molar-refractivity contribution in [2.75, 3.05) is 0 Å². The van der Waals surface area contributed by atoms with Crippen LogP contribution in [0.5, 0.6) is 5.75 Å². The van der Waals surface area contributed by atoms with E-state index in [0.29, 0.717) is 12.1 Å². The van der Waals surface area contributed by atoms with Crippen LogP contribution in [-0.4, -0.2) is 13.3 Å². The second kappa shape index (κ2) is 6.09. The van der Waals surface area contributed by atoms with Crippen molar-refractivity contribution in [3.63, 3.8) is 0 Å². The molecular formula is C13H8ClF2NO5S. The lowest BCUT2D eigenvalue weighted by Crippen LogP contribution is -2.11. The van der Waals surface area contributed by atoms with Gasteiger partial charge in [0, 0.05) is 17.7 Å².